The van der Waals surface area contributed by atoms with Gasteiger partial charge in [0.1, 0.15) is 29.4 Å². The number of nitrogens with one attached hydrogen (secondary N) is 2. The van der Waals surface area contributed by atoms with Crippen LogP contribution in [0.15, 0.2) is 60.9 Å². The largest absolute Gasteiger partial charge is 0.497 e. The van der Waals surface area contributed by atoms with Gasteiger partial charge in [-0.15, -0.1) is 6.42 Å². The Morgan fingerprint density at radius 2 is 1.77 bits per heavy atom. The third-order valence-corrected chi connectivity index (χ3v) is 7.30. The molecule has 0 bridgehead atoms. The van der Waals surface area contributed by atoms with Gasteiger partial charge in [-0.3, -0.25) is 0 Å². The van der Waals surface area contributed by atoms with E-state index in [-0.39, 0.29) is 11.6 Å². The van der Waals surface area contributed by atoms with Crippen LogP contribution in [-0.2, 0) is 6.18 Å². The van der Waals surface area contributed by atoms with Crippen LogP contribution in [0.5, 0.6) is 5.75 Å². The Kier molecular flexibility index (Phi) is 6.42. The molecule has 6 rings (SSSR count). The number of halogens is 3. The van der Waals surface area contributed by atoms with Crippen LogP contribution >= 0.6 is 0 Å². The number of hydrogen-bond donors (Lipinski definition) is 2. The van der Waals surface area contributed by atoms with Crippen molar-refractivity contribution in [3.05, 3.63) is 78.0 Å². The molecule has 10 heteroatoms. The number of imidazole rings is 1. The maximum absolute atomic E-state index is 13.9. The Bertz CT molecular complexity index is 1710. The predicted molar refractivity (Wildman–Crippen MR) is 147 cm³/mol. The van der Waals surface area contributed by atoms with Crippen LogP contribution in [0.2, 0.25) is 0 Å². The van der Waals surface area contributed by atoms with E-state index in [1.807, 2.05) is 30.3 Å². The first kappa shape index (κ1) is 25.5. The topological polar surface area (TPSA) is 82.7 Å². The molecule has 7 nitrogen and oxygen atoms in total. The number of alkyl halides is 3. The van der Waals surface area contributed by atoms with E-state index in [4.69, 9.17) is 11.2 Å². The molecule has 1 aliphatic rings. The van der Waals surface area contributed by atoms with E-state index in [9.17, 15) is 13.2 Å². The number of terminal acetylenes is 1. The van der Waals surface area contributed by atoms with Gasteiger partial charge in [-0.2, -0.15) is 13.2 Å². The normalized spacial score (nSPS) is 14.4. The number of methoxy groups -OCH3 is 1. The Morgan fingerprint density at radius 1 is 1.00 bits per heavy atom. The summed E-state index contributed by atoms with van der Waals surface area (Å²) < 4.78 is 47.0. The second-order valence-electron chi connectivity index (χ2n) is 9.70. The van der Waals surface area contributed by atoms with Crippen LogP contribution in [0.1, 0.15) is 35.8 Å². The van der Waals surface area contributed by atoms with E-state index in [1.54, 1.807) is 24.3 Å². The van der Waals surface area contributed by atoms with E-state index < -0.39 is 11.9 Å². The van der Waals surface area contributed by atoms with Crippen molar-refractivity contribution in [2.24, 2.45) is 0 Å². The molecule has 1 saturated heterocycles. The summed E-state index contributed by atoms with van der Waals surface area (Å²) in [5.74, 6) is 4.08. The SMILES string of the molecule is C#Cc1ccc(-c2cc3c(N4CCC(c5nc(C(F)(F)F)c(-c6cccc(OC)c6)[nH]5)CC4)ncnc3[nH]2)cc1. The molecule has 4 heterocycles. The number of fused-ring (bicyclic) bond motifs is 1. The van der Waals surface area contributed by atoms with Crippen LogP contribution in [0.3, 0.4) is 0 Å². The van der Waals surface area contributed by atoms with Gasteiger partial charge in [0.25, 0.3) is 0 Å². The fourth-order valence-corrected chi connectivity index (χ4v) is 5.22. The second-order valence-corrected chi connectivity index (χ2v) is 9.70. The van der Waals surface area contributed by atoms with Crippen LogP contribution in [-0.4, -0.2) is 45.1 Å². The molecule has 3 aromatic heterocycles. The standard InChI is InChI=1S/C30H25F3N6O/c1-3-18-7-9-19(10-8-18)24-16-23-28(36-24)34-17-35-29(23)39-13-11-20(12-14-39)27-37-25(26(38-27)30(31,32)33)21-5-4-6-22(15-21)40-2/h1,4-10,15-17,20H,11-14H2,2H3,(H,37,38)(H,34,35,36). The molecule has 0 spiro atoms. The summed E-state index contributed by atoms with van der Waals surface area (Å²) in [6.07, 6.45) is 3.65. The summed E-state index contributed by atoms with van der Waals surface area (Å²) in [5, 5.41) is 0.884. The quantitative estimate of drug-likeness (QED) is 0.251. The molecule has 0 saturated carbocycles. The minimum absolute atomic E-state index is 0.0449. The molecule has 0 unspecified atom stereocenters. The van der Waals surface area contributed by atoms with E-state index in [1.165, 1.54) is 13.4 Å². The van der Waals surface area contributed by atoms with Crippen molar-refractivity contribution in [1.29, 1.82) is 0 Å². The molecule has 5 aromatic rings. The van der Waals surface area contributed by atoms with Crippen molar-refractivity contribution in [1.82, 2.24) is 24.9 Å². The van der Waals surface area contributed by atoms with Gasteiger partial charge in [0, 0.05) is 35.8 Å². The number of nitrogens with zero attached hydrogens (tertiary/aromatic N) is 4. The van der Waals surface area contributed by atoms with Gasteiger partial charge in [-0.05, 0) is 48.7 Å². The van der Waals surface area contributed by atoms with Crippen molar-refractivity contribution < 1.29 is 17.9 Å². The second kappa shape index (κ2) is 10.1. The zero-order valence-corrected chi connectivity index (χ0v) is 21.6. The summed E-state index contributed by atoms with van der Waals surface area (Å²) in [7, 11) is 1.48. The summed E-state index contributed by atoms with van der Waals surface area (Å²) >= 11 is 0. The van der Waals surface area contributed by atoms with Gasteiger partial charge < -0.3 is 19.6 Å². The maximum atomic E-state index is 13.9. The highest BCUT2D eigenvalue weighted by Crippen LogP contribution is 2.39. The molecule has 1 fully saturated rings. The number of piperidine rings is 1. The Hall–Kier alpha value is -4.78. The minimum Gasteiger partial charge on any atom is -0.497 e. The van der Waals surface area contributed by atoms with Crippen molar-refractivity contribution in [2.75, 3.05) is 25.1 Å². The summed E-state index contributed by atoms with van der Waals surface area (Å²) in [5.41, 5.74) is 2.82. The van der Waals surface area contributed by atoms with Gasteiger partial charge in [0.2, 0.25) is 0 Å². The van der Waals surface area contributed by atoms with Crippen molar-refractivity contribution in [3.8, 4) is 40.6 Å². The van der Waals surface area contributed by atoms with Crippen LogP contribution < -0.4 is 9.64 Å². The van der Waals surface area contributed by atoms with Gasteiger partial charge in [0.15, 0.2) is 5.69 Å². The number of ether oxygens (including phenoxy) is 1. The molecular weight excluding hydrogens is 517 g/mol. The minimum atomic E-state index is -4.59. The lowest BCUT2D eigenvalue weighted by atomic mass is 9.96. The molecule has 1 aliphatic heterocycles. The highest BCUT2D eigenvalue weighted by atomic mass is 19.4. The molecule has 0 aliphatic carbocycles. The number of anilines is 1. The Morgan fingerprint density at radius 3 is 2.48 bits per heavy atom. The number of H-pyrrole nitrogens is 2. The Labute approximate surface area is 228 Å². The average Bonchev–Trinajstić information content (AvgIpc) is 3.63. The molecule has 0 amide bonds. The monoisotopic (exact) mass is 542 g/mol. The number of aromatic nitrogens is 5. The molecule has 40 heavy (non-hydrogen) atoms. The first-order valence-corrected chi connectivity index (χ1v) is 12.8. The van der Waals surface area contributed by atoms with E-state index in [2.05, 4.69) is 35.7 Å². The highest BCUT2D eigenvalue weighted by molar-refractivity contribution is 5.92. The molecule has 0 atom stereocenters. The fourth-order valence-electron chi connectivity index (χ4n) is 5.22. The van der Waals surface area contributed by atoms with Crippen LogP contribution in [0, 0.1) is 12.3 Å². The number of rotatable bonds is 5. The predicted octanol–water partition coefficient (Wildman–Crippen LogP) is 6.41. The molecule has 2 N–H and O–H groups in total. The zero-order valence-electron chi connectivity index (χ0n) is 21.6. The van der Waals surface area contributed by atoms with E-state index in [0.717, 1.165) is 28.0 Å². The lowest BCUT2D eigenvalue weighted by molar-refractivity contribution is -0.140. The van der Waals surface area contributed by atoms with E-state index >= 15 is 0 Å². The van der Waals surface area contributed by atoms with Crippen LogP contribution in [0.4, 0.5) is 19.0 Å². The number of hydrogen-bond acceptors (Lipinski definition) is 5. The molecule has 0 radical (unpaired) electrons. The van der Waals surface area contributed by atoms with Gasteiger partial charge in [-0.1, -0.05) is 30.2 Å². The molecule has 2 aromatic carbocycles. The maximum Gasteiger partial charge on any atom is 0.435 e. The van der Waals surface area contributed by atoms with E-state index in [0.29, 0.717) is 48.7 Å². The van der Waals surface area contributed by atoms with Crippen molar-refractivity contribution in [3.63, 3.8) is 0 Å². The lowest BCUT2D eigenvalue weighted by Crippen LogP contribution is -2.34. The third-order valence-electron chi connectivity index (χ3n) is 7.30. The summed E-state index contributed by atoms with van der Waals surface area (Å²) in [6.45, 7) is 1.23. The Balaban J connectivity index is 1.24. The molecular formula is C30H25F3N6O. The van der Waals surface area contributed by atoms with Crippen molar-refractivity contribution in [2.45, 2.75) is 24.9 Å². The highest BCUT2D eigenvalue weighted by Gasteiger charge is 2.39. The first-order valence-electron chi connectivity index (χ1n) is 12.8. The average molecular weight is 543 g/mol. The smallest absolute Gasteiger partial charge is 0.435 e. The number of aromatic amines is 2. The first-order chi connectivity index (χ1) is 19.3. The third kappa shape index (κ3) is 4.75. The summed E-state index contributed by atoms with van der Waals surface area (Å²) in [6, 6.07) is 16.2. The lowest BCUT2D eigenvalue weighted by Gasteiger charge is -2.32. The number of benzene rings is 2. The molecule has 202 valence electrons. The van der Waals surface area contributed by atoms with Gasteiger partial charge >= 0.3 is 6.18 Å². The van der Waals surface area contributed by atoms with Crippen LogP contribution in [0.25, 0.3) is 33.5 Å². The summed E-state index contributed by atoms with van der Waals surface area (Å²) in [4.78, 5) is 21.5. The van der Waals surface area contributed by atoms with Gasteiger partial charge in [0.05, 0.1) is 18.2 Å². The fraction of sp³-hybridized carbons (Fsp3) is 0.233. The zero-order chi connectivity index (χ0) is 27.9. The van der Waals surface area contributed by atoms with Crippen molar-refractivity contribution >= 4 is 16.9 Å². The van der Waals surface area contributed by atoms with Gasteiger partial charge in [-0.25, -0.2) is 15.0 Å².